The number of benzene rings is 2. The molecule has 0 aliphatic carbocycles. The van der Waals surface area contributed by atoms with Crippen LogP contribution >= 0.6 is 0 Å². The van der Waals surface area contributed by atoms with Crippen LogP contribution in [0, 0.1) is 10.8 Å². The van der Waals surface area contributed by atoms with Gasteiger partial charge in [-0.1, -0.05) is 18.2 Å². The van der Waals surface area contributed by atoms with Crippen LogP contribution in [0.1, 0.15) is 29.2 Å². The lowest BCUT2D eigenvalue weighted by atomic mass is 9.99. The van der Waals surface area contributed by atoms with Gasteiger partial charge in [0.25, 0.3) is 0 Å². The Balaban J connectivity index is 1.44. The van der Waals surface area contributed by atoms with Gasteiger partial charge in [-0.05, 0) is 41.8 Å². The van der Waals surface area contributed by atoms with Crippen molar-refractivity contribution in [3.8, 4) is 11.5 Å². The molecule has 2 aliphatic rings. The normalized spacial score (nSPS) is 18.4. The SMILES string of the molecule is N=C(N)N1CCc2ccc(OC(C(=O)O)c3ccc(O[C@H]4CCN(C(=N)N)C4)cc3)cc2C1. The number of carboxylic acid groups (broad SMARTS) is 1. The summed E-state index contributed by atoms with van der Waals surface area (Å²) >= 11 is 0. The largest absolute Gasteiger partial charge is 0.489 e. The van der Waals surface area contributed by atoms with Crippen LogP contribution in [-0.2, 0) is 17.8 Å². The van der Waals surface area contributed by atoms with E-state index in [1.807, 2.05) is 12.1 Å². The summed E-state index contributed by atoms with van der Waals surface area (Å²) in [6.45, 7) is 2.41. The van der Waals surface area contributed by atoms with E-state index >= 15 is 0 Å². The van der Waals surface area contributed by atoms with Crippen LogP contribution < -0.4 is 20.9 Å². The number of nitrogens with zero attached hydrogens (tertiary/aromatic N) is 2. The van der Waals surface area contributed by atoms with Crippen molar-refractivity contribution >= 4 is 17.9 Å². The molecule has 2 atom stereocenters. The third-order valence-corrected chi connectivity index (χ3v) is 5.98. The van der Waals surface area contributed by atoms with E-state index in [0.717, 1.165) is 24.0 Å². The molecule has 2 aromatic rings. The highest BCUT2D eigenvalue weighted by Gasteiger charge is 2.26. The van der Waals surface area contributed by atoms with Crippen molar-refractivity contribution < 1.29 is 19.4 Å². The minimum atomic E-state index is -1.18. The maximum atomic E-state index is 12.0. The molecule has 2 aromatic carbocycles. The van der Waals surface area contributed by atoms with Gasteiger partial charge in [-0.25, -0.2) is 4.79 Å². The first-order valence-corrected chi connectivity index (χ1v) is 10.8. The maximum Gasteiger partial charge on any atom is 0.349 e. The lowest BCUT2D eigenvalue weighted by molar-refractivity contribution is -0.145. The zero-order chi connectivity index (χ0) is 23.5. The maximum absolute atomic E-state index is 12.0. The van der Waals surface area contributed by atoms with Crippen LogP contribution in [0.3, 0.4) is 0 Å². The summed E-state index contributed by atoms with van der Waals surface area (Å²) in [6.07, 6.45) is 0.284. The lowest BCUT2D eigenvalue weighted by Crippen LogP contribution is -2.40. The number of carboxylic acids is 1. The van der Waals surface area contributed by atoms with Gasteiger partial charge in [0.2, 0.25) is 6.10 Å². The number of hydrogen-bond acceptors (Lipinski definition) is 5. The van der Waals surface area contributed by atoms with Crippen molar-refractivity contribution in [1.82, 2.24) is 9.80 Å². The van der Waals surface area contributed by atoms with E-state index in [2.05, 4.69) is 0 Å². The van der Waals surface area contributed by atoms with Crippen molar-refractivity contribution in [1.29, 1.82) is 10.8 Å². The standard InChI is InChI=1S/C23H28N6O4/c24-22(25)28-9-7-14-1-6-18(11-16(14)12-28)33-20(21(30)31)15-2-4-17(5-3-15)32-19-8-10-29(13-19)23(26)27/h1-6,11,19-20H,7-10,12-13H2,(H3,24,25)(H3,26,27)(H,30,31)/t19-,20?/m0/s1. The molecule has 2 heterocycles. The highest BCUT2D eigenvalue weighted by atomic mass is 16.5. The van der Waals surface area contributed by atoms with Crippen molar-refractivity contribution in [3.05, 3.63) is 59.2 Å². The summed E-state index contributed by atoms with van der Waals surface area (Å²) < 4.78 is 11.8. The van der Waals surface area contributed by atoms with Gasteiger partial charge in [0, 0.05) is 31.6 Å². The molecule has 1 fully saturated rings. The molecule has 0 bridgehead atoms. The minimum Gasteiger partial charge on any atom is -0.489 e. The average molecular weight is 453 g/mol. The van der Waals surface area contributed by atoms with Gasteiger partial charge in [-0.15, -0.1) is 0 Å². The predicted octanol–water partition coefficient (Wildman–Crippen LogP) is 1.49. The number of likely N-dealkylation sites (tertiary alicyclic amines) is 1. The Labute approximate surface area is 191 Å². The first kappa shape index (κ1) is 22.3. The van der Waals surface area contributed by atoms with E-state index in [1.54, 1.807) is 40.1 Å². The average Bonchev–Trinajstić information content (AvgIpc) is 3.26. The van der Waals surface area contributed by atoms with E-state index < -0.39 is 12.1 Å². The fourth-order valence-corrected chi connectivity index (χ4v) is 4.17. The number of fused-ring (bicyclic) bond motifs is 1. The summed E-state index contributed by atoms with van der Waals surface area (Å²) in [5.41, 5.74) is 13.7. The smallest absolute Gasteiger partial charge is 0.349 e. The molecule has 7 N–H and O–H groups in total. The minimum absolute atomic E-state index is 0.0179. The Hall–Kier alpha value is -3.95. The number of carbonyl (C=O) groups is 1. The number of aliphatic carboxylic acids is 1. The van der Waals surface area contributed by atoms with Crippen LogP contribution in [0.25, 0.3) is 0 Å². The molecule has 10 heteroatoms. The molecule has 4 rings (SSSR count). The van der Waals surface area contributed by atoms with E-state index in [-0.39, 0.29) is 18.0 Å². The van der Waals surface area contributed by atoms with Gasteiger partial charge >= 0.3 is 5.97 Å². The molecule has 33 heavy (non-hydrogen) atoms. The molecule has 0 amide bonds. The second kappa shape index (κ2) is 9.27. The number of nitrogens with one attached hydrogen (secondary N) is 2. The number of hydrogen-bond donors (Lipinski definition) is 5. The first-order chi connectivity index (χ1) is 15.8. The Bertz CT molecular complexity index is 1060. The molecule has 10 nitrogen and oxygen atoms in total. The van der Waals surface area contributed by atoms with Gasteiger partial charge < -0.3 is 35.8 Å². The van der Waals surface area contributed by atoms with Gasteiger partial charge in [0.05, 0.1) is 6.54 Å². The van der Waals surface area contributed by atoms with E-state index in [9.17, 15) is 9.90 Å². The second-order valence-corrected chi connectivity index (χ2v) is 8.25. The van der Waals surface area contributed by atoms with Gasteiger partial charge in [0.1, 0.15) is 17.6 Å². The highest BCUT2D eigenvalue weighted by molar-refractivity contribution is 5.76. The van der Waals surface area contributed by atoms with Crippen LogP contribution in [0.2, 0.25) is 0 Å². The van der Waals surface area contributed by atoms with Gasteiger partial charge in [-0.3, -0.25) is 10.8 Å². The Kier molecular flexibility index (Phi) is 6.25. The van der Waals surface area contributed by atoms with Crippen LogP contribution in [0.5, 0.6) is 11.5 Å². The Morgan fingerprint density at radius 1 is 1.00 bits per heavy atom. The summed E-state index contributed by atoms with van der Waals surface area (Å²) in [5.74, 6) is 0.0246. The monoisotopic (exact) mass is 452 g/mol. The zero-order valence-corrected chi connectivity index (χ0v) is 18.2. The lowest BCUT2D eigenvalue weighted by Gasteiger charge is -2.29. The van der Waals surface area contributed by atoms with Gasteiger partial charge in [0.15, 0.2) is 11.9 Å². The third kappa shape index (κ3) is 5.11. The number of guanidine groups is 2. The quantitative estimate of drug-likeness (QED) is 0.325. The molecule has 0 radical (unpaired) electrons. The van der Waals surface area contributed by atoms with Crippen molar-refractivity contribution in [2.45, 2.75) is 31.6 Å². The Morgan fingerprint density at radius 2 is 1.70 bits per heavy atom. The fraction of sp³-hybridized carbons (Fsp3) is 0.348. The summed E-state index contributed by atoms with van der Waals surface area (Å²) in [6, 6.07) is 12.3. The van der Waals surface area contributed by atoms with Gasteiger partial charge in [-0.2, -0.15) is 0 Å². The van der Waals surface area contributed by atoms with Crippen LogP contribution in [-0.4, -0.2) is 58.5 Å². The van der Waals surface area contributed by atoms with Crippen molar-refractivity contribution in [2.24, 2.45) is 11.5 Å². The summed E-state index contributed by atoms with van der Waals surface area (Å²) in [7, 11) is 0. The topological polar surface area (TPSA) is 162 Å². The van der Waals surface area contributed by atoms with E-state index in [4.69, 9.17) is 31.8 Å². The molecule has 174 valence electrons. The van der Waals surface area contributed by atoms with E-state index in [0.29, 0.717) is 43.2 Å². The van der Waals surface area contributed by atoms with Crippen molar-refractivity contribution in [2.75, 3.05) is 19.6 Å². The third-order valence-electron chi connectivity index (χ3n) is 5.98. The summed E-state index contributed by atoms with van der Waals surface area (Å²) in [4.78, 5) is 15.5. The van der Waals surface area contributed by atoms with Crippen LogP contribution in [0.4, 0.5) is 0 Å². The summed E-state index contributed by atoms with van der Waals surface area (Å²) in [5, 5.41) is 24.9. The number of nitrogens with two attached hydrogens (primary N) is 2. The molecule has 2 aliphatic heterocycles. The first-order valence-electron chi connectivity index (χ1n) is 10.8. The van der Waals surface area contributed by atoms with Crippen LogP contribution in [0.15, 0.2) is 42.5 Å². The molecule has 1 unspecified atom stereocenters. The number of ether oxygens (including phenoxy) is 2. The molecular weight excluding hydrogens is 424 g/mol. The predicted molar refractivity (Wildman–Crippen MR) is 122 cm³/mol. The second-order valence-electron chi connectivity index (χ2n) is 8.25. The molecular formula is C23H28N6O4. The molecule has 0 saturated carbocycles. The van der Waals surface area contributed by atoms with E-state index in [1.165, 1.54) is 0 Å². The fourth-order valence-electron chi connectivity index (χ4n) is 4.17. The number of rotatable bonds is 6. The Morgan fingerprint density at radius 3 is 2.33 bits per heavy atom. The molecule has 1 saturated heterocycles. The molecule has 0 aromatic heterocycles. The highest BCUT2D eigenvalue weighted by Crippen LogP contribution is 2.29. The molecule has 0 spiro atoms. The zero-order valence-electron chi connectivity index (χ0n) is 18.2. The van der Waals surface area contributed by atoms with Crippen molar-refractivity contribution in [3.63, 3.8) is 0 Å².